The predicted octanol–water partition coefficient (Wildman–Crippen LogP) is 4.42. The van der Waals surface area contributed by atoms with Crippen molar-refractivity contribution in [3.63, 3.8) is 0 Å². The highest BCUT2D eigenvalue weighted by Crippen LogP contribution is 2.34. The zero-order valence-electron chi connectivity index (χ0n) is 15.7. The molecule has 4 rings (SSSR count). The third-order valence-corrected chi connectivity index (χ3v) is 4.70. The Labute approximate surface area is 159 Å². The third kappa shape index (κ3) is 3.64. The molecule has 5 heteroatoms. The Morgan fingerprint density at radius 2 is 1.81 bits per heavy atom. The Kier molecular flexibility index (Phi) is 5.03. The Morgan fingerprint density at radius 3 is 2.63 bits per heavy atom. The van der Waals surface area contributed by atoms with Crippen molar-refractivity contribution in [2.75, 3.05) is 31.8 Å². The lowest BCUT2D eigenvalue weighted by atomic mass is 10.2. The van der Waals surface area contributed by atoms with Gasteiger partial charge in [-0.1, -0.05) is 12.1 Å². The van der Waals surface area contributed by atoms with E-state index < -0.39 is 0 Å². The molecule has 5 nitrogen and oxygen atoms in total. The van der Waals surface area contributed by atoms with Gasteiger partial charge in [0.15, 0.2) is 6.23 Å². The van der Waals surface area contributed by atoms with Gasteiger partial charge in [-0.25, -0.2) is 0 Å². The van der Waals surface area contributed by atoms with E-state index in [1.807, 2.05) is 43.3 Å². The van der Waals surface area contributed by atoms with E-state index in [0.29, 0.717) is 13.2 Å². The summed E-state index contributed by atoms with van der Waals surface area (Å²) in [5, 5.41) is 0. The molecule has 0 radical (unpaired) electrons. The maximum absolute atomic E-state index is 6.04. The minimum absolute atomic E-state index is 0.103. The second-order valence-electron chi connectivity index (χ2n) is 6.40. The van der Waals surface area contributed by atoms with E-state index in [2.05, 4.69) is 40.1 Å². The molecule has 0 aliphatic carbocycles. The molecule has 0 amide bonds. The minimum Gasteiger partial charge on any atom is -0.497 e. The number of aromatic nitrogens is 1. The first-order valence-electron chi connectivity index (χ1n) is 9.22. The molecule has 1 fully saturated rings. The fourth-order valence-electron chi connectivity index (χ4n) is 3.42. The maximum Gasteiger partial charge on any atom is 0.158 e. The van der Waals surface area contributed by atoms with E-state index in [4.69, 9.17) is 14.2 Å². The zero-order valence-corrected chi connectivity index (χ0v) is 15.7. The fraction of sp³-hybridized carbons (Fsp3) is 0.273. The molecule has 0 spiro atoms. The summed E-state index contributed by atoms with van der Waals surface area (Å²) in [5.74, 6) is 1.73. The molecule has 1 aliphatic rings. The Hall–Kier alpha value is -2.92. The second kappa shape index (κ2) is 7.76. The quantitative estimate of drug-likeness (QED) is 0.649. The Bertz CT molecular complexity index is 906. The Balaban J connectivity index is 1.59. The van der Waals surface area contributed by atoms with Crippen LogP contribution in [0.2, 0.25) is 0 Å². The molecular weight excluding hydrogens is 340 g/mol. The summed E-state index contributed by atoms with van der Waals surface area (Å²) in [6.07, 6.45) is 4.08. The molecule has 1 atom stereocenters. The van der Waals surface area contributed by atoms with E-state index in [9.17, 15) is 0 Å². The SMILES string of the molecule is CCOc1cccc(-n2ccc([C@H]3OCCN3c3cccc(OC)c3)c2)c1. The summed E-state index contributed by atoms with van der Waals surface area (Å²) in [6, 6.07) is 18.3. The van der Waals surface area contributed by atoms with Crippen molar-refractivity contribution < 1.29 is 14.2 Å². The van der Waals surface area contributed by atoms with Crippen molar-refractivity contribution in [2.24, 2.45) is 0 Å². The molecule has 140 valence electrons. The van der Waals surface area contributed by atoms with Crippen LogP contribution >= 0.6 is 0 Å². The van der Waals surface area contributed by atoms with E-state index in [0.717, 1.165) is 35.0 Å². The Morgan fingerprint density at radius 1 is 1.04 bits per heavy atom. The highest BCUT2D eigenvalue weighted by molar-refractivity contribution is 5.53. The predicted molar refractivity (Wildman–Crippen MR) is 106 cm³/mol. The smallest absolute Gasteiger partial charge is 0.158 e. The number of ether oxygens (including phenoxy) is 3. The summed E-state index contributed by atoms with van der Waals surface area (Å²) >= 11 is 0. The van der Waals surface area contributed by atoms with Gasteiger partial charge in [-0.05, 0) is 37.3 Å². The maximum atomic E-state index is 6.04. The van der Waals surface area contributed by atoms with Gasteiger partial charge in [-0.15, -0.1) is 0 Å². The fourth-order valence-corrected chi connectivity index (χ4v) is 3.42. The van der Waals surface area contributed by atoms with E-state index in [1.54, 1.807) is 7.11 Å². The molecule has 0 N–H and O–H groups in total. The van der Waals surface area contributed by atoms with Gasteiger partial charge >= 0.3 is 0 Å². The molecular formula is C22H24N2O3. The first kappa shape index (κ1) is 17.5. The summed E-state index contributed by atoms with van der Waals surface area (Å²) in [5.41, 5.74) is 3.29. The van der Waals surface area contributed by atoms with E-state index >= 15 is 0 Å². The second-order valence-corrected chi connectivity index (χ2v) is 6.40. The normalized spacial score (nSPS) is 16.5. The monoisotopic (exact) mass is 364 g/mol. The molecule has 0 bridgehead atoms. The standard InChI is InChI=1S/C22H24N2O3/c1-3-26-21-9-4-6-18(14-21)23-11-10-17(16-23)22-24(12-13-27-22)19-7-5-8-20(15-19)25-2/h4-11,14-16,22H,3,12-13H2,1-2H3/t22-/m1/s1. The summed E-state index contributed by atoms with van der Waals surface area (Å²) in [4.78, 5) is 2.26. The van der Waals surface area contributed by atoms with Crippen LogP contribution in [0.15, 0.2) is 67.0 Å². The van der Waals surface area contributed by atoms with Gasteiger partial charge < -0.3 is 23.7 Å². The molecule has 0 saturated carbocycles. The van der Waals surface area contributed by atoms with E-state index in [1.165, 1.54) is 0 Å². The molecule has 2 heterocycles. The lowest BCUT2D eigenvalue weighted by molar-refractivity contribution is 0.114. The number of rotatable bonds is 6. The number of hydrogen-bond acceptors (Lipinski definition) is 4. The van der Waals surface area contributed by atoms with Crippen molar-refractivity contribution in [3.8, 4) is 17.2 Å². The number of hydrogen-bond donors (Lipinski definition) is 0. The average Bonchev–Trinajstić information content (AvgIpc) is 3.38. The summed E-state index contributed by atoms with van der Waals surface area (Å²) in [6.45, 7) is 4.20. The lowest BCUT2D eigenvalue weighted by Crippen LogP contribution is -2.22. The number of methoxy groups -OCH3 is 1. The van der Waals surface area contributed by atoms with Gasteiger partial charge in [0.05, 0.1) is 20.3 Å². The molecule has 27 heavy (non-hydrogen) atoms. The van der Waals surface area contributed by atoms with Crippen LogP contribution in [-0.2, 0) is 4.74 Å². The third-order valence-electron chi connectivity index (χ3n) is 4.70. The van der Waals surface area contributed by atoms with Gasteiger partial charge in [-0.3, -0.25) is 0 Å². The first-order valence-corrected chi connectivity index (χ1v) is 9.22. The van der Waals surface area contributed by atoms with Gasteiger partial charge in [-0.2, -0.15) is 0 Å². The molecule has 1 aliphatic heterocycles. The van der Waals surface area contributed by atoms with Gasteiger partial charge in [0.25, 0.3) is 0 Å². The van der Waals surface area contributed by atoms with Gasteiger partial charge in [0.1, 0.15) is 11.5 Å². The van der Waals surface area contributed by atoms with Crippen LogP contribution in [0.5, 0.6) is 11.5 Å². The van der Waals surface area contributed by atoms with Crippen molar-refractivity contribution in [3.05, 3.63) is 72.6 Å². The molecule has 1 aromatic heterocycles. The highest BCUT2D eigenvalue weighted by Gasteiger charge is 2.28. The van der Waals surface area contributed by atoms with Gasteiger partial charge in [0.2, 0.25) is 0 Å². The van der Waals surface area contributed by atoms with Crippen molar-refractivity contribution in [1.82, 2.24) is 4.57 Å². The van der Waals surface area contributed by atoms with Crippen LogP contribution in [-0.4, -0.2) is 31.4 Å². The molecule has 3 aromatic rings. The van der Waals surface area contributed by atoms with Crippen molar-refractivity contribution >= 4 is 5.69 Å². The topological polar surface area (TPSA) is 35.9 Å². The molecule has 1 saturated heterocycles. The number of benzene rings is 2. The van der Waals surface area contributed by atoms with Crippen LogP contribution in [0, 0.1) is 0 Å². The number of nitrogens with zero attached hydrogens (tertiary/aromatic N) is 2. The molecule has 2 aromatic carbocycles. The minimum atomic E-state index is -0.103. The van der Waals surface area contributed by atoms with Crippen LogP contribution in [0.3, 0.4) is 0 Å². The van der Waals surface area contributed by atoms with Crippen LogP contribution in [0.4, 0.5) is 5.69 Å². The largest absolute Gasteiger partial charge is 0.497 e. The van der Waals surface area contributed by atoms with Crippen LogP contribution < -0.4 is 14.4 Å². The van der Waals surface area contributed by atoms with Gasteiger partial charge in [0, 0.05) is 48.0 Å². The van der Waals surface area contributed by atoms with Crippen molar-refractivity contribution in [1.29, 1.82) is 0 Å². The first-order chi connectivity index (χ1) is 13.3. The van der Waals surface area contributed by atoms with Crippen LogP contribution in [0.25, 0.3) is 5.69 Å². The summed E-state index contributed by atoms with van der Waals surface area (Å²) < 4.78 is 19.1. The average molecular weight is 364 g/mol. The van der Waals surface area contributed by atoms with Crippen molar-refractivity contribution in [2.45, 2.75) is 13.2 Å². The lowest BCUT2D eigenvalue weighted by Gasteiger charge is -2.25. The molecule has 0 unspecified atom stereocenters. The number of anilines is 1. The highest BCUT2D eigenvalue weighted by atomic mass is 16.5. The van der Waals surface area contributed by atoms with Crippen LogP contribution in [0.1, 0.15) is 18.7 Å². The summed E-state index contributed by atoms with van der Waals surface area (Å²) in [7, 11) is 1.69. The zero-order chi connectivity index (χ0) is 18.6. The van der Waals surface area contributed by atoms with E-state index in [-0.39, 0.29) is 6.23 Å².